The Morgan fingerprint density at radius 1 is 1.15 bits per heavy atom. The van der Waals surface area contributed by atoms with Gasteiger partial charge in [0.1, 0.15) is 5.82 Å². The highest BCUT2D eigenvalue weighted by molar-refractivity contribution is 5.79. The molecule has 3 aromatic rings. The van der Waals surface area contributed by atoms with Gasteiger partial charge in [-0.15, -0.1) is 0 Å². The molecule has 1 amide bonds. The van der Waals surface area contributed by atoms with Crippen LogP contribution >= 0.6 is 0 Å². The van der Waals surface area contributed by atoms with Crippen LogP contribution in [0.15, 0.2) is 30.3 Å². The lowest BCUT2D eigenvalue weighted by Crippen LogP contribution is -2.53. The Labute approximate surface area is 225 Å². The normalized spacial score (nSPS) is 17.1. The number of anilines is 1. The molecular weight excluding hydrogens is 510 g/mol. The Kier molecular flexibility index (Phi) is 8.51. The second kappa shape index (κ2) is 12.2. The summed E-state index contributed by atoms with van der Waals surface area (Å²) >= 11 is 0. The molecule has 1 atom stereocenters. The molecule has 2 aliphatic heterocycles. The van der Waals surface area contributed by atoms with Crippen molar-refractivity contribution in [3.8, 4) is 11.7 Å². The number of carbonyl (C=O) groups excluding carboxylic acids is 1. The summed E-state index contributed by atoms with van der Waals surface area (Å²) in [6.45, 7) is 8.84. The van der Waals surface area contributed by atoms with Gasteiger partial charge in [0.2, 0.25) is 17.7 Å². The van der Waals surface area contributed by atoms with Crippen molar-refractivity contribution in [2.75, 3.05) is 64.1 Å². The van der Waals surface area contributed by atoms with Gasteiger partial charge >= 0.3 is 0 Å². The number of fused-ring (bicyclic) bond motifs is 1. The number of aromatic nitrogens is 4. The molecule has 0 N–H and O–H groups in total. The van der Waals surface area contributed by atoms with Crippen molar-refractivity contribution in [1.29, 1.82) is 0 Å². The third-order valence-corrected chi connectivity index (χ3v) is 7.04. The SMILES string of the molecule is CCOCCC(C)C(=O)N1CC(COc2cc(-n3c(C(F)F)nc4ccccc43)nc(N3CCOCC3)n2)C1. The largest absolute Gasteiger partial charge is 0.477 e. The number of imidazole rings is 1. The summed E-state index contributed by atoms with van der Waals surface area (Å²) in [5.74, 6) is 0.736. The average Bonchev–Trinajstić information content (AvgIpc) is 3.33. The number of carbonyl (C=O) groups is 1. The van der Waals surface area contributed by atoms with Crippen molar-refractivity contribution in [1.82, 2.24) is 24.4 Å². The summed E-state index contributed by atoms with van der Waals surface area (Å²) in [6, 6.07) is 8.54. The van der Waals surface area contributed by atoms with E-state index in [9.17, 15) is 13.6 Å². The third-order valence-electron chi connectivity index (χ3n) is 7.04. The number of ether oxygens (including phenoxy) is 3. The Morgan fingerprint density at radius 2 is 1.92 bits per heavy atom. The molecule has 2 saturated heterocycles. The molecule has 0 spiro atoms. The Morgan fingerprint density at radius 3 is 2.67 bits per heavy atom. The van der Waals surface area contributed by atoms with Gasteiger partial charge in [-0.05, 0) is 25.5 Å². The fraction of sp³-hybridized carbons (Fsp3) is 0.556. The second-order valence-corrected chi connectivity index (χ2v) is 9.87. The Balaban J connectivity index is 1.33. The second-order valence-electron chi connectivity index (χ2n) is 9.87. The maximum Gasteiger partial charge on any atom is 0.296 e. The number of morpholine rings is 1. The fourth-order valence-corrected chi connectivity index (χ4v) is 4.82. The van der Waals surface area contributed by atoms with E-state index >= 15 is 0 Å². The number of nitrogens with zero attached hydrogens (tertiary/aromatic N) is 6. The molecule has 10 nitrogen and oxygen atoms in total. The first kappa shape index (κ1) is 27.2. The minimum Gasteiger partial charge on any atom is -0.477 e. The van der Waals surface area contributed by atoms with Crippen LogP contribution in [0.5, 0.6) is 5.88 Å². The van der Waals surface area contributed by atoms with Gasteiger partial charge < -0.3 is 24.0 Å². The van der Waals surface area contributed by atoms with E-state index < -0.39 is 6.43 Å². The molecule has 0 saturated carbocycles. The molecule has 2 aliphatic rings. The summed E-state index contributed by atoms with van der Waals surface area (Å²) in [5, 5.41) is 0. The number of amides is 1. The number of alkyl halides is 2. The molecule has 0 bridgehead atoms. The third kappa shape index (κ3) is 6.11. The first-order valence-electron chi connectivity index (χ1n) is 13.4. The minimum absolute atomic E-state index is 0.0899. The maximum absolute atomic E-state index is 14.0. The molecule has 1 unspecified atom stereocenters. The molecule has 1 aromatic carbocycles. The summed E-state index contributed by atoms with van der Waals surface area (Å²) in [4.78, 5) is 29.8. The van der Waals surface area contributed by atoms with Crippen molar-refractivity contribution < 1.29 is 27.8 Å². The highest BCUT2D eigenvalue weighted by Crippen LogP contribution is 2.30. The number of rotatable bonds is 11. The van der Waals surface area contributed by atoms with E-state index in [-0.39, 0.29) is 35.3 Å². The number of hydrogen-bond acceptors (Lipinski definition) is 8. The van der Waals surface area contributed by atoms with Crippen LogP contribution in [-0.4, -0.2) is 89.5 Å². The average molecular weight is 545 g/mol. The van der Waals surface area contributed by atoms with Crippen LogP contribution in [0.4, 0.5) is 14.7 Å². The first-order valence-corrected chi connectivity index (χ1v) is 13.4. The van der Waals surface area contributed by atoms with Gasteiger partial charge in [-0.2, -0.15) is 9.97 Å². The smallest absolute Gasteiger partial charge is 0.296 e. The van der Waals surface area contributed by atoms with Crippen LogP contribution in [0, 0.1) is 11.8 Å². The quantitative estimate of drug-likeness (QED) is 0.339. The van der Waals surface area contributed by atoms with Crippen molar-refractivity contribution >= 4 is 22.9 Å². The Hall–Kier alpha value is -3.38. The van der Waals surface area contributed by atoms with E-state index in [0.29, 0.717) is 82.6 Å². The molecule has 210 valence electrons. The molecule has 12 heteroatoms. The van der Waals surface area contributed by atoms with E-state index in [1.54, 1.807) is 30.3 Å². The van der Waals surface area contributed by atoms with Crippen LogP contribution in [0.1, 0.15) is 32.5 Å². The van der Waals surface area contributed by atoms with Crippen LogP contribution in [0.3, 0.4) is 0 Å². The molecule has 4 heterocycles. The maximum atomic E-state index is 14.0. The predicted octanol–water partition coefficient (Wildman–Crippen LogP) is 3.49. The van der Waals surface area contributed by atoms with E-state index in [1.807, 2.05) is 23.6 Å². The van der Waals surface area contributed by atoms with Crippen molar-refractivity contribution in [2.24, 2.45) is 11.8 Å². The number of benzene rings is 1. The van der Waals surface area contributed by atoms with Crippen molar-refractivity contribution in [3.63, 3.8) is 0 Å². The summed E-state index contributed by atoms with van der Waals surface area (Å²) < 4.78 is 46.3. The van der Waals surface area contributed by atoms with Gasteiger partial charge in [0.15, 0.2) is 5.82 Å². The van der Waals surface area contributed by atoms with Gasteiger partial charge in [-0.3, -0.25) is 9.36 Å². The van der Waals surface area contributed by atoms with E-state index in [4.69, 9.17) is 14.2 Å². The fourth-order valence-electron chi connectivity index (χ4n) is 4.82. The van der Waals surface area contributed by atoms with Gasteiger partial charge in [0.05, 0.1) is 30.9 Å². The number of para-hydroxylation sites is 2. The zero-order chi connectivity index (χ0) is 27.4. The van der Waals surface area contributed by atoms with E-state index in [2.05, 4.69) is 15.0 Å². The van der Waals surface area contributed by atoms with Crippen LogP contribution in [0.25, 0.3) is 16.9 Å². The summed E-state index contributed by atoms with van der Waals surface area (Å²) in [5.41, 5.74) is 0.980. The van der Waals surface area contributed by atoms with E-state index in [0.717, 1.165) is 0 Å². The molecule has 5 rings (SSSR count). The zero-order valence-electron chi connectivity index (χ0n) is 22.3. The lowest BCUT2D eigenvalue weighted by molar-refractivity contribution is -0.142. The Bertz CT molecular complexity index is 1280. The molecule has 2 aromatic heterocycles. The number of halogens is 2. The first-order chi connectivity index (χ1) is 18.9. The van der Waals surface area contributed by atoms with E-state index in [1.165, 1.54) is 4.57 Å². The summed E-state index contributed by atoms with van der Waals surface area (Å²) in [7, 11) is 0. The molecule has 0 aliphatic carbocycles. The molecule has 0 radical (unpaired) electrons. The van der Waals surface area contributed by atoms with Gasteiger partial charge in [0, 0.05) is 57.3 Å². The summed E-state index contributed by atoms with van der Waals surface area (Å²) in [6.07, 6.45) is -2.10. The molecule has 2 fully saturated rings. The molecule has 39 heavy (non-hydrogen) atoms. The lowest BCUT2D eigenvalue weighted by atomic mass is 9.97. The predicted molar refractivity (Wildman–Crippen MR) is 140 cm³/mol. The van der Waals surface area contributed by atoms with Crippen LogP contribution < -0.4 is 9.64 Å². The van der Waals surface area contributed by atoms with Gasteiger partial charge in [0.25, 0.3) is 6.43 Å². The topological polar surface area (TPSA) is 94.8 Å². The number of hydrogen-bond donors (Lipinski definition) is 0. The molecular formula is C27H34F2N6O4. The van der Waals surface area contributed by atoms with Gasteiger partial charge in [-0.25, -0.2) is 13.8 Å². The lowest BCUT2D eigenvalue weighted by Gasteiger charge is -2.40. The standard InChI is InChI=1S/C27H34F2N6O4/c1-3-37-11-8-18(2)26(36)34-15-19(16-34)17-39-23-14-22(31-27(32-23)33-9-12-38-13-10-33)35-21-7-5-4-6-20(21)30-25(35)24(28)29/h4-7,14,18-19,24H,3,8-13,15-17H2,1-2H3. The van der Waals surface area contributed by atoms with Gasteiger partial charge in [-0.1, -0.05) is 19.1 Å². The monoisotopic (exact) mass is 544 g/mol. The minimum atomic E-state index is -2.79. The van der Waals surface area contributed by atoms with Crippen molar-refractivity contribution in [2.45, 2.75) is 26.7 Å². The van der Waals surface area contributed by atoms with Crippen molar-refractivity contribution in [3.05, 3.63) is 36.2 Å². The highest BCUT2D eigenvalue weighted by atomic mass is 19.3. The zero-order valence-corrected chi connectivity index (χ0v) is 22.3. The van der Waals surface area contributed by atoms with Crippen LogP contribution in [-0.2, 0) is 14.3 Å². The number of likely N-dealkylation sites (tertiary alicyclic amines) is 1. The highest BCUT2D eigenvalue weighted by Gasteiger charge is 2.33. The van der Waals surface area contributed by atoms with Crippen LogP contribution in [0.2, 0.25) is 0 Å².